The second-order valence-electron chi connectivity index (χ2n) is 7.64. The highest BCUT2D eigenvalue weighted by Crippen LogP contribution is 2.30. The van der Waals surface area contributed by atoms with E-state index in [9.17, 15) is 0 Å². The summed E-state index contributed by atoms with van der Waals surface area (Å²) in [5.41, 5.74) is 3.69. The molecule has 0 saturated heterocycles. The minimum Gasteiger partial charge on any atom is -0.330 e. The smallest absolute Gasteiger partial charge is 0.124 e. The lowest BCUT2D eigenvalue weighted by molar-refractivity contribution is 0.645. The van der Waals surface area contributed by atoms with E-state index < -0.39 is 0 Å². The Labute approximate surface area is 182 Å². The Morgan fingerprint density at radius 2 is 0.968 bits per heavy atom. The number of aromatic nitrogens is 4. The molecule has 0 unspecified atom stereocenters. The van der Waals surface area contributed by atoms with E-state index >= 15 is 0 Å². The molecule has 3 aromatic carbocycles. The van der Waals surface area contributed by atoms with Gasteiger partial charge in [-0.3, -0.25) is 0 Å². The molecule has 0 N–H and O–H groups in total. The molecule has 4 heteroatoms. The van der Waals surface area contributed by atoms with Gasteiger partial charge in [-0.05, 0) is 16.7 Å². The van der Waals surface area contributed by atoms with E-state index in [0.29, 0.717) is 0 Å². The van der Waals surface area contributed by atoms with Gasteiger partial charge < -0.3 is 9.13 Å². The molecule has 0 aliphatic carbocycles. The zero-order valence-corrected chi connectivity index (χ0v) is 17.3. The topological polar surface area (TPSA) is 35.6 Å². The van der Waals surface area contributed by atoms with Crippen LogP contribution in [0.2, 0.25) is 0 Å². The lowest BCUT2D eigenvalue weighted by Crippen LogP contribution is -2.17. The number of rotatable bonds is 7. The van der Waals surface area contributed by atoms with Gasteiger partial charge in [0.05, 0.1) is 0 Å². The van der Waals surface area contributed by atoms with Gasteiger partial charge >= 0.3 is 0 Å². The first-order valence-corrected chi connectivity index (χ1v) is 10.5. The predicted molar refractivity (Wildman–Crippen MR) is 123 cm³/mol. The maximum absolute atomic E-state index is 4.80. The second kappa shape index (κ2) is 8.84. The molecule has 2 heterocycles. The third-order valence-electron chi connectivity index (χ3n) is 5.54. The molecule has 5 rings (SSSR count). The van der Waals surface area contributed by atoms with Crippen molar-refractivity contribution in [1.29, 1.82) is 0 Å². The first kappa shape index (κ1) is 19.1. The van der Waals surface area contributed by atoms with E-state index in [1.807, 2.05) is 30.6 Å². The molecule has 31 heavy (non-hydrogen) atoms. The third kappa shape index (κ3) is 4.19. The fourth-order valence-corrected chi connectivity index (χ4v) is 4.05. The molecule has 0 radical (unpaired) electrons. The summed E-state index contributed by atoms with van der Waals surface area (Å²) < 4.78 is 4.46. The molecule has 2 aromatic heterocycles. The Hall–Kier alpha value is -3.92. The highest BCUT2D eigenvalue weighted by Gasteiger charge is 2.25. The molecular weight excluding hydrogens is 380 g/mol. The van der Waals surface area contributed by atoms with Gasteiger partial charge in [0.1, 0.15) is 17.6 Å². The van der Waals surface area contributed by atoms with Crippen molar-refractivity contribution in [3.8, 4) is 0 Å². The van der Waals surface area contributed by atoms with Crippen molar-refractivity contribution in [1.82, 2.24) is 19.1 Å². The van der Waals surface area contributed by atoms with Crippen molar-refractivity contribution in [3.05, 3.63) is 144 Å². The maximum atomic E-state index is 4.80. The van der Waals surface area contributed by atoms with Crippen LogP contribution < -0.4 is 0 Å². The standard InChI is InChI=1S/C27H24N4/c1-4-10-22(11-5-1)20-30-18-16-28-26(30)25(24-14-8-3-9-15-24)27-29-17-19-31(27)21-23-12-6-2-7-13-23/h1-19,25H,20-21H2. The molecule has 0 fully saturated rings. The van der Waals surface area contributed by atoms with Gasteiger partial charge in [-0.2, -0.15) is 0 Å². The molecule has 0 aliphatic heterocycles. The number of hydrogen-bond donors (Lipinski definition) is 0. The minimum absolute atomic E-state index is 0.0568. The first-order chi connectivity index (χ1) is 15.4. The Bertz CT molecular complexity index is 1140. The summed E-state index contributed by atoms with van der Waals surface area (Å²) in [6, 6.07) is 31.5. The normalized spacial score (nSPS) is 11.1. The molecular formula is C27H24N4. The highest BCUT2D eigenvalue weighted by molar-refractivity contribution is 5.34. The van der Waals surface area contributed by atoms with Crippen molar-refractivity contribution in [3.63, 3.8) is 0 Å². The van der Waals surface area contributed by atoms with E-state index in [4.69, 9.17) is 9.97 Å². The van der Waals surface area contributed by atoms with E-state index in [1.54, 1.807) is 0 Å². The molecule has 0 saturated carbocycles. The Balaban J connectivity index is 1.57. The van der Waals surface area contributed by atoms with Crippen molar-refractivity contribution >= 4 is 0 Å². The van der Waals surface area contributed by atoms with E-state index in [0.717, 1.165) is 24.7 Å². The summed E-state index contributed by atoms with van der Waals surface area (Å²) in [7, 11) is 0. The fraction of sp³-hybridized carbons (Fsp3) is 0.111. The van der Waals surface area contributed by atoms with Crippen molar-refractivity contribution < 1.29 is 0 Å². The quantitative estimate of drug-likeness (QED) is 0.366. The molecule has 0 bridgehead atoms. The van der Waals surface area contributed by atoms with E-state index in [1.165, 1.54) is 16.7 Å². The van der Waals surface area contributed by atoms with Crippen LogP contribution in [0.4, 0.5) is 0 Å². The summed E-state index contributed by atoms with van der Waals surface area (Å²) in [6.45, 7) is 1.55. The molecule has 0 spiro atoms. The summed E-state index contributed by atoms with van der Waals surface area (Å²) in [4.78, 5) is 9.61. The zero-order chi connectivity index (χ0) is 20.9. The van der Waals surface area contributed by atoms with Crippen LogP contribution in [0.25, 0.3) is 0 Å². The van der Waals surface area contributed by atoms with Crippen LogP contribution in [0.1, 0.15) is 34.3 Å². The number of benzene rings is 3. The molecule has 0 aliphatic rings. The SMILES string of the molecule is c1ccc(Cn2ccnc2C(c2ccccc2)c2nccn2Cc2ccccc2)cc1. The Morgan fingerprint density at radius 1 is 0.548 bits per heavy atom. The number of imidazole rings is 2. The van der Waals surface area contributed by atoms with Crippen LogP contribution in [0.15, 0.2) is 116 Å². The van der Waals surface area contributed by atoms with E-state index in [2.05, 4.69) is 94.3 Å². The Morgan fingerprint density at radius 3 is 1.42 bits per heavy atom. The average molecular weight is 405 g/mol. The van der Waals surface area contributed by atoms with Crippen molar-refractivity contribution in [2.45, 2.75) is 19.0 Å². The zero-order valence-electron chi connectivity index (χ0n) is 17.3. The van der Waals surface area contributed by atoms with Crippen LogP contribution >= 0.6 is 0 Å². The lowest BCUT2D eigenvalue weighted by atomic mass is 9.96. The van der Waals surface area contributed by atoms with Crippen LogP contribution in [0.5, 0.6) is 0 Å². The van der Waals surface area contributed by atoms with Crippen LogP contribution in [-0.4, -0.2) is 19.1 Å². The number of nitrogens with zero attached hydrogens (tertiary/aromatic N) is 4. The van der Waals surface area contributed by atoms with Gasteiger partial charge in [0.15, 0.2) is 0 Å². The van der Waals surface area contributed by atoms with Crippen molar-refractivity contribution in [2.75, 3.05) is 0 Å². The average Bonchev–Trinajstić information content (AvgIpc) is 3.47. The summed E-state index contributed by atoms with van der Waals surface area (Å²) in [5, 5.41) is 0. The predicted octanol–water partition coefficient (Wildman–Crippen LogP) is 5.36. The Kier molecular flexibility index (Phi) is 5.44. The minimum atomic E-state index is -0.0568. The van der Waals surface area contributed by atoms with Gasteiger partial charge in [0.25, 0.3) is 0 Å². The maximum Gasteiger partial charge on any atom is 0.124 e. The third-order valence-corrected chi connectivity index (χ3v) is 5.54. The molecule has 5 aromatic rings. The van der Waals surface area contributed by atoms with Gasteiger partial charge in [-0.25, -0.2) is 9.97 Å². The van der Waals surface area contributed by atoms with E-state index in [-0.39, 0.29) is 5.92 Å². The molecule has 0 amide bonds. The fourth-order valence-electron chi connectivity index (χ4n) is 4.05. The molecule has 152 valence electrons. The van der Waals surface area contributed by atoms with Gasteiger partial charge in [0.2, 0.25) is 0 Å². The number of hydrogen-bond acceptors (Lipinski definition) is 2. The van der Waals surface area contributed by atoms with Crippen LogP contribution in [0, 0.1) is 0 Å². The van der Waals surface area contributed by atoms with Gasteiger partial charge in [-0.15, -0.1) is 0 Å². The van der Waals surface area contributed by atoms with Crippen LogP contribution in [-0.2, 0) is 13.1 Å². The molecule has 4 nitrogen and oxygen atoms in total. The highest BCUT2D eigenvalue weighted by atomic mass is 15.1. The summed E-state index contributed by atoms with van der Waals surface area (Å²) in [6.07, 6.45) is 7.89. The van der Waals surface area contributed by atoms with Gasteiger partial charge in [0, 0.05) is 37.9 Å². The lowest BCUT2D eigenvalue weighted by Gasteiger charge is -2.20. The first-order valence-electron chi connectivity index (χ1n) is 10.5. The van der Waals surface area contributed by atoms with Gasteiger partial charge in [-0.1, -0.05) is 91.0 Å². The summed E-state index contributed by atoms with van der Waals surface area (Å²) in [5.74, 6) is 1.93. The van der Waals surface area contributed by atoms with Crippen molar-refractivity contribution in [2.24, 2.45) is 0 Å². The van der Waals surface area contributed by atoms with Crippen LogP contribution in [0.3, 0.4) is 0 Å². The monoisotopic (exact) mass is 404 g/mol. The second-order valence-corrected chi connectivity index (χ2v) is 7.64. The summed E-state index contributed by atoms with van der Waals surface area (Å²) >= 11 is 0. The largest absolute Gasteiger partial charge is 0.330 e. The molecule has 0 atom stereocenters.